The minimum atomic E-state index is -1.92. The van der Waals surface area contributed by atoms with Gasteiger partial charge < -0.3 is 72.4 Å². The van der Waals surface area contributed by atoms with Crippen LogP contribution in [-0.4, -0.2) is 169 Å². The van der Waals surface area contributed by atoms with Gasteiger partial charge in [-0.1, -0.05) is 74.9 Å². The van der Waals surface area contributed by atoms with Gasteiger partial charge in [0, 0.05) is 32.2 Å². The molecule has 5 rings (SSSR count). The SMILES string of the molecule is CC[C@H](C)[C@@H]1NC(=O)[C@H](Cc2ccccc2)N(C)C(=O)C([C@@H](C)O)N2C(=O)[C@H](CC[C@H]2O)NC(=O)C(C2C=CC(O)CC2)NC(=O)C(NC(=O)[C@H](CCC(N)=O)NC(=O)[C@H](O)Cc2ccc(O)cc2)[C@@H](C)OC1=O. The van der Waals surface area contributed by atoms with Gasteiger partial charge in [-0.25, -0.2) is 4.79 Å². The van der Waals surface area contributed by atoms with Crippen LogP contribution in [0, 0.1) is 11.8 Å². The molecule has 74 heavy (non-hydrogen) atoms. The molecule has 2 saturated heterocycles. The van der Waals surface area contributed by atoms with Gasteiger partial charge in [0.1, 0.15) is 66.5 Å². The monoisotopic (exact) mass is 1030 g/mol. The second-order valence-electron chi connectivity index (χ2n) is 19.3. The van der Waals surface area contributed by atoms with Crippen molar-refractivity contribution >= 4 is 53.2 Å². The van der Waals surface area contributed by atoms with Gasteiger partial charge in [-0.3, -0.25) is 38.4 Å². The molecule has 23 heteroatoms. The van der Waals surface area contributed by atoms with Crippen molar-refractivity contribution in [3.05, 3.63) is 77.9 Å². The van der Waals surface area contributed by atoms with E-state index in [-0.39, 0.29) is 50.7 Å². The van der Waals surface area contributed by atoms with Crippen molar-refractivity contribution in [3.8, 4) is 5.75 Å². The van der Waals surface area contributed by atoms with Crippen molar-refractivity contribution < 1.29 is 73.4 Å². The number of likely N-dealkylation sites (N-methyl/N-ethyl adjacent to an activating group) is 1. The predicted octanol–water partition coefficient (Wildman–Crippen LogP) is -1.94. The van der Waals surface area contributed by atoms with Crippen LogP contribution in [0.5, 0.6) is 5.75 Å². The molecule has 2 aromatic carbocycles. The normalized spacial score (nSPS) is 28.1. The summed E-state index contributed by atoms with van der Waals surface area (Å²) in [6, 6.07) is 2.84. The first-order valence-corrected chi connectivity index (χ1v) is 24.8. The van der Waals surface area contributed by atoms with E-state index in [9.17, 15) is 68.7 Å². The van der Waals surface area contributed by atoms with Crippen molar-refractivity contribution in [1.29, 1.82) is 0 Å². The molecule has 0 spiro atoms. The first-order valence-electron chi connectivity index (χ1n) is 24.8. The number of rotatable bonds is 15. The molecule has 2 heterocycles. The Kier molecular flexibility index (Phi) is 20.6. The standard InChI is InChI=1S/C51H70N8O15/c1-6-26(2)40-51(73)74-28(4)41(56-44(66)34(20-22-38(52)64)53-46(68)37(63)25-30-12-16-32(61)17-13-30)47(69)57-42(31-14-18-33(62)19-15-31)48(70)54-35-21-23-39(65)59(49(35)71)43(27(3)60)50(72)58(5)36(45(67)55-40)24-29-10-8-7-9-11-29/h7-14,16-18,26-28,31,33-37,39-43,60-63,65H,6,15,19-25H2,1-5H3,(H2,52,64)(H,53,68)(H,54,70)(H,55,67)(H,56,66)(H,57,69)/t26-,27+,28+,31?,33?,34-,35-,36-,37+,39+,40-,41?,42?,43?/m0/s1. The molecule has 8 amide bonds. The second kappa shape index (κ2) is 26.3. The number of aliphatic hydroxyl groups is 4. The average Bonchev–Trinajstić information content (AvgIpc) is 3.36. The molecule has 0 radical (unpaired) electrons. The van der Waals surface area contributed by atoms with E-state index in [1.807, 2.05) is 0 Å². The Balaban J connectivity index is 1.60. The highest BCUT2D eigenvalue weighted by Crippen LogP contribution is 2.27. The molecule has 12 N–H and O–H groups in total. The number of fused-ring (bicyclic) bond motifs is 2. The highest BCUT2D eigenvalue weighted by atomic mass is 16.5. The number of phenolic OH excluding ortho intramolecular Hbond substituents is 1. The molecular weight excluding hydrogens is 965 g/mol. The quantitative estimate of drug-likeness (QED) is 0.0683. The predicted molar refractivity (Wildman–Crippen MR) is 263 cm³/mol. The van der Waals surface area contributed by atoms with E-state index in [1.165, 1.54) is 57.3 Å². The minimum Gasteiger partial charge on any atom is -0.508 e. The summed E-state index contributed by atoms with van der Waals surface area (Å²) in [7, 11) is 1.27. The number of nitrogens with one attached hydrogen (secondary N) is 5. The van der Waals surface area contributed by atoms with Crippen LogP contribution in [0.15, 0.2) is 66.7 Å². The summed E-state index contributed by atoms with van der Waals surface area (Å²) in [5.74, 6) is -10.7. The highest BCUT2D eigenvalue weighted by Gasteiger charge is 2.48. The lowest BCUT2D eigenvalue weighted by molar-refractivity contribution is -0.170. The molecule has 1 aliphatic carbocycles. The zero-order valence-corrected chi connectivity index (χ0v) is 42.1. The van der Waals surface area contributed by atoms with E-state index in [1.54, 1.807) is 44.2 Å². The highest BCUT2D eigenvalue weighted by molar-refractivity contribution is 5.99. The van der Waals surface area contributed by atoms with Gasteiger partial charge in [0.15, 0.2) is 0 Å². The van der Waals surface area contributed by atoms with Crippen LogP contribution in [0.3, 0.4) is 0 Å². The number of piperidine rings is 1. The van der Waals surface area contributed by atoms with Crippen molar-refractivity contribution in [2.75, 3.05) is 7.05 Å². The number of benzene rings is 2. The molecule has 3 aliphatic rings. The molecular formula is C51H70N8O15. The fraction of sp³-hybridized carbons (Fsp3) is 0.549. The number of aromatic hydroxyl groups is 1. The third-order valence-electron chi connectivity index (χ3n) is 13.8. The number of aliphatic hydroxyl groups excluding tert-OH is 4. The smallest absolute Gasteiger partial charge is 0.329 e. The molecule has 23 nitrogen and oxygen atoms in total. The maximum absolute atomic E-state index is 14.8. The zero-order chi connectivity index (χ0) is 54.6. The van der Waals surface area contributed by atoms with Crippen LogP contribution in [0.2, 0.25) is 0 Å². The van der Waals surface area contributed by atoms with Crippen molar-refractivity contribution in [3.63, 3.8) is 0 Å². The lowest BCUT2D eigenvalue weighted by Crippen LogP contribution is -2.67. The molecule has 0 aromatic heterocycles. The Labute approximate surface area is 428 Å². The number of carbonyl (C=O) groups excluding carboxylic acids is 9. The van der Waals surface area contributed by atoms with E-state index in [2.05, 4.69) is 26.6 Å². The van der Waals surface area contributed by atoms with Crippen LogP contribution in [0.25, 0.3) is 0 Å². The number of nitrogens with two attached hydrogens (primary N) is 1. The molecule has 0 saturated carbocycles. The summed E-state index contributed by atoms with van der Waals surface area (Å²) in [5.41, 5.74) is 6.44. The van der Waals surface area contributed by atoms with Crippen molar-refractivity contribution in [2.45, 2.75) is 158 Å². The summed E-state index contributed by atoms with van der Waals surface area (Å²) < 4.78 is 5.92. The average molecular weight is 1040 g/mol. The Morgan fingerprint density at radius 2 is 1.50 bits per heavy atom. The Hall–Kier alpha value is -6.95. The number of phenols is 1. The lowest BCUT2D eigenvalue weighted by Gasteiger charge is -2.44. The van der Waals surface area contributed by atoms with E-state index < -0.39 is 151 Å². The van der Waals surface area contributed by atoms with E-state index in [4.69, 9.17) is 10.5 Å². The zero-order valence-electron chi connectivity index (χ0n) is 42.1. The number of ether oxygens (including phenoxy) is 1. The fourth-order valence-electron chi connectivity index (χ4n) is 9.16. The largest absolute Gasteiger partial charge is 0.508 e. The number of nitrogens with zero attached hydrogens (tertiary/aromatic N) is 2. The Morgan fingerprint density at radius 1 is 0.824 bits per heavy atom. The molecule has 14 atom stereocenters. The Morgan fingerprint density at radius 3 is 2.11 bits per heavy atom. The van der Waals surface area contributed by atoms with Crippen LogP contribution >= 0.6 is 0 Å². The lowest BCUT2D eigenvalue weighted by atomic mass is 9.87. The third-order valence-corrected chi connectivity index (χ3v) is 13.8. The van der Waals surface area contributed by atoms with Crippen LogP contribution in [0.4, 0.5) is 0 Å². The van der Waals surface area contributed by atoms with Crippen molar-refractivity contribution in [1.82, 2.24) is 36.4 Å². The Bertz CT molecular complexity index is 2370. The number of amides is 8. The van der Waals surface area contributed by atoms with Gasteiger partial charge in [0.25, 0.3) is 0 Å². The number of cyclic esters (lactones) is 1. The summed E-state index contributed by atoms with van der Waals surface area (Å²) >= 11 is 0. The summed E-state index contributed by atoms with van der Waals surface area (Å²) in [6.07, 6.45) is -5.86. The van der Waals surface area contributed by atoms with Gasteiger partial charge in [0.2, 0.25) is 47.3 Å². The third kappa shape index (κ3) is 15.1. The summed E-state index contributed by atoms with van der Waals surface area (Å²) in [4.78, 5) is 129. The van der Waals surface area contributed by atoms with Gasteiger partial charge in [0.05, 0.1) is 12.2 Å². The maximum atomic E-state index is 14.8. The topological polar surface area (TPSA) is 357 Å². The van der Waals surface area contributed by atoms with E-state index >= 15 is 0 Å². The van der Waals surface area contributed by atoms with Gasteiger partial charge in [-0.2, -0.15) is 0 Å². The summed E-state index contributed by atoms with van der Waals surface area (Å²) in [5, 5.41) is 66.2. The fourth-order valence-corrected chi connectivity index (χ4v) is 9.16. The van der Waals surface area contributed by atoms with Crippen LogP contribution < -0.4 is 32.3 Å². The van der Waals surface area contributed by atoms with Crippen molar-refractivity contribution in [2.24, 2.45) is 17.6 Å². The van der Waals surface area contributed by atoms with Gasteiger partial charge in [-0.15, -0.1) is 0 Å². The molecule has 2 aliphatic heterocycles. The van der Waals surface area contributed by atoms with Gasteiger partial charge in [-0.05, 0) is 75.1 Å². The number of primary amides is 1. The minimum absolute atomic E-state index is 0.0630. The number of hydrogen-bond donors (Lipinski definition) is 11. The molecule has 2 bridgehead atoms. The summed E-state index contributed by atoms with van der Waals surface area (Å²) in [6.45, 7) is 5.82. The number of esters is 1. The molecule has 404 valence electrons. The molecule has 5 unspecified atom stereocenters. The number of carbonyl (C=O) groups is 9. The maximum Gasteiger partial charge on any atom is 0.329 e. The molecule has 2 aromatic rings. The van der Waals surface area contributed by atoms with E-state index in [0.29, 0.717) is 11.1 Å². The van der Waals surface area contributed by atoms with E-state index in [0.717, 1.165) is 9.80 Å². The first kappa shape index (κ1) is 57.9. The molecule has 2 fully saturated rings. The van der Waals surface area contributed by atoms with Crippen LogP contribution in [0.1, 0.15) is 83.8 Å². The van der Waals surface area contributed by atoms with Gasteiger partial charge >= 0.3 is 5.97 Å². The van der Waals surface area contributed by atoms with Crippen LogP contribution in [-0.2, 0) is 60.7 Å². The first-order chi connectivity index (χ1) is 35.0. The number of hydrogen-bond acceptors (Lipinski definition) is 15. The second-order valence-corrected chi connectivity index (χ2v) is 19.3.